The van der Waals surface area contributed by atoms with Crippen molar-refractivity contribution in [3.8, 4) is 5.88 Å². The smallest absolute Gasteiger partial charge is 0.349 e. The van der Waals surface area contributed by atoms with Gasteiger partial charge in [-0.05, 0) is 25.7 Å². The van der Waals surface area contributed by atoms with Crippen molar-refractivity contribution in [2.24, 2.45) is 5.92 Å². The molecule has 0 aliphatic heterocycles. The highest BCUT2D eigenvalue weighted by molar-refractivity contribution is 5.43. The van der Waals surface area contributed by atoms with Gasteiger partial charge in [0.25, 0.3) is 5.88 Å². The molecule has 1 aromatic heterocycles. The first kappa shape index (κ1) is 15.1. The molecule has 7 nitrogen and oxygen atoms in total. The SMILES string of the molecule is CCNc1ncc([N+](=O)[O-])c(OCCCC(C)C)n1. The van der Waals surface area contributed by atoms with Crippen LogP contribution in [0.1, 0.15) is 33.6 Å². The van der Waals surface area contributed by atoms with Crippen molar-refractivity contribution >= 4 is 11.6 Å². The molecule has 0 unspecified atom stereocenters. The standard InChI is InChI=1S/C12H20N4O3/c1-4-13-12-14-8-10(16(17)18)11(15-12)19-7-5-6-9(2)3/h8-9H,4-7H2,1-3H3,(H,13,14,15). The minimum Gasteiger partial charge on any atom is -0.473 e. The molecule has 0 aliphatic rings. The number of nitrogens with one attached hydrogen (secondary N) is 1. The molecule has 19 heavy (non-hydrogen) atoms. The van der Waals surface area contributed by atoms with Gasteiger partial charge in [-0.2, -0.15) is 4.98 Å². The van der Waals surface area contributed by atoms with E-state index in [0.29, 0.717) is 25.0 Å². The molecule has 0 saturated heterocycles. The van der Waals surface area contributed by atoms with Crippen LogP contribution in [-0.4, -0.2) is 28.0 Å². The van der Waals surface area contributed by atoms with Crippen LogP contribution in [0.3, 0.4) is 0 Å². The Bertz CT molecular complexity index is 423. The van der Waals surface area contributed by atoms with E-state index in [2.05, 4.69) is 29.1 Å². The molecule has 0 atom stereocenters. The molecule has 106 valence electrons. The van der Waals surface area contributed by atoms with Gasteiger partial charge < -0.3 is 10.1 Å². The Morgan fingerprint density at radius 3 is 2.84 bits per heavy atom. The summed E-state index contributed by atoms with van der Waals surface area (Å²) in [6, 6.07) is 0. The van der Waals surface area contributed by atoms with E-state index in [0.717, 1.165) is 12.8 Å². The zero-order chi connectivity index (χ0) is 14.3. The van der Waals surface area contributed by atoms with Crippen LogP contribution in [0.5, 0.6) is 5.88 Å². The summed E-state index contributed by atoms with van der Waals surface area (Å²) in [6.07, 6.45) is 3.02. The van der Waals surface area contributed by atoms with Crippen molar-refractivity contribution in [2.75, 3.05) is 18.5 Å². The average Bonchev–Trinajstić information content (AvgIpc) is 2.34. The zero-order valence-electron chi connectivity index (χ0n) is 11.5. The third kappa shape index (κ3) is 5.07. The lowest BCUT2D eigenvalue weighted by atomic mass is 10.1. The largest absolute Gasteiger partial charge is 0.473 e. The van der Waals surface area contributed by atoms with Crippen LogP contribution in [0.4, 0.5) is 11.6 Å². The number of nitro groups is 1. The molecule has 0 amide bonds. The summed E-state index contributed by atoms with van der Waals surface area (Å²) in [5.41, 5.74) is -0.203. The maximum atomic E-state index is 10.9. The van der Waals surface area contributed by atoms with Crippen LogP contribution in [-0.2, 0) is 0 Å². The third-order valence-electron chi connectivity index (χ3n) is 2.43. The van der Waals surface area contributed by atoms with Gasteiger partial charge in [-0.15, -0.1) is 0 Å². The van der Waals surface area contributed by atoms with E-state index >= 15 is 0 Å². The fourth-order valence-corrected chi connectivity index (χ4v) is 1.49. The van der Waals surface area contributed by atoms with E-state index in [9.17, 15) is 10.1 Å². The lowest BCUT2D eigenvalue weighted by Gasteiger charge is -2.08. The Labute approximate surface area is 112 Å². The molecule has 0 bridgehead atoms. The quantitative estimate of drug-likeness (QED) is 0.443. The van der Waals surface area contributed by atoms with Crippen molar-refractivity contribution in [3.63, 3.8) is 0 Å². The lowest BCUT2D eigenvalue weighted by molar-refractivity contribution is -0.386. The van der Waals surface area contributed by atoms with Gasteiger partial charge in [0.15, 0.2) is 0 Å². The highest BCUT2D eigenvalue weighted by atomic mass is 16.6. The normalized spacial score (nSPS) is 10.5. The van der Waals surface area contributed by atoms with E-state index in [-0.39, 0.29) is 11.6 Å². The summed E-state index contributed by atoms with van der Waals surface area (Å²) in [5, 5.41) is 13.8. The predicted octanol–water partition coefficient (Wildman–Crippen LogP) is 2.63. The number of anilines is 1. The average molecular weight is 268 g/mol. The molecular formula is C12H20N4O3. The van der Waals surface area contributed by atoms with E-state index in [1.165, 1.54) is 6.20 Å². The fraction of sp³-hybridized carbons (Fsp3) is 0.667. The second-order valence-corrected chi connectivity index (χ2v) is 4.56. The highest BCUT2D eigenvalue weighted by Gasteiger charge is 2.18. The molecule has 1 heterocycles. The minimum atomic E-state index is -0.534. The van der Waals surface area contributed by atoms with Gasteiger partial charge in [0.1, 0.15) is 6.20 Å². The van der Waals surface area contributed by atoms with Gasteiger partial charge >= 0.3 is 5.69 Å². The number of rotatable bonds is 8. The van der Waals surface area contributed by atoms with Gasteiger partial charge in [-0.1, -0.05) is 13.8 Å². The molecule has 1 aromatic rings. The van der Waals surface area contributed by atoms with E-state index in [1.54, 1.807) is 0 Å². The first-order valence-electron chi connectivity index (χ1n) is 6.42. The molecule has 1 rings (SSSR count). The summed E-state index contributed by atoms with van der Waals surface area (Å²) in [6.45, 7) is 7.20. The van der Waals surface area contributed by atoms with Gasteiger partial charge in [0.05, 0.1) is 11.5 Å². The lowest BCUT2D eigenvalue weighted by Crippen LogP contribution is -2.08. The van der Waals surface area contributed by atoms with Crippen molar-refractivity contribution in [1.29, 1.82) is 0 Å². The van der Waals surface area contributed by atoms with Gasteiger partial charge in [-0.25, -0.2) is 4.98 Å². The van der Waals surface area contributed by atoms with Gasteiger partial charge in [-0.3, -0.25) is 10.1 Å². The molecule has 0 spiro atoms. The molecular weight excluding hydrogens is 248 g/mol. The number of nitrogens with zero attached hydrogens (tertiary/aromatic N) is 3. The summed E-state index contributed by atoms with van der Waals surface area (Å²) in [4.78, 5) is 18.2. The Balaban J connectivity index is 2.71. The summed E-state index contributed by atoms with van der Waals surface area (Å²) < 4.78 is 5.40. The molecule has 0 saturated carbocycles. The van der Waals surface area contributed by atoms with Crippen molar-refractivity contribution in [3.05, 3.63) is 16.3 Å². The Morgan fingerprint density at radius 1 is 1.53 bits per heavy atom. The second-order valence-electron chi connectivity index (χ2n) is 4.56. The van der Waals surface area contributed by atoms with Crippen LogP contribution < -0.4 is 10.1 Å². The maximum Gasteiger partial charge on any atom is 0.349 e. The first-order valence-corrected chi connectivity index (χ1v) is 6.42. The summed E-state index contributed by atoms with van der Waals surface area (Å²) >= 11 is 0. The van der Waals surface area contributed by atoms with Crippen LogP contribution >= 0.6 is 0 Å². The van der Waals surface area contributed by atoms with Crippen molar-refractivity contribution in [2.45, 2.75) is 33.6 Å². The number of hydrogen-bond donors (Lipinski definition) is 1. The molecule has 0 radical (unpaired) electrons. The van der Waals surface area contributed by atoms with Crippen LogP contribution in [0, 0.1) is 16.0 Å². The second kappa shape index (κ2) is 7.50. The summed E-state index contributed by atoms with van der Waals surface area (Å²) in [7, 11) is 0. The van der Waals surface area contributed by atoms with E-state index in [4.69, 9.17) is 4.74 Å². The monoisotopic (exact) mass is 268 g/mol. The fourth-order valence-electron chi connectivity index (χ4n) is 1.49. The Kier molecular flexibility index (Phi) is 5.98. The molecule has 0 fully saturated rings. The van der Waals surface area contributed by atoms with Crippen LogP contribution in [0.15, 0.2) is 6.20 Å². The van der Waals surface area contributed by atoms with Gasteiger partial charge in [0, 0.05) is 6.54 Å². The van der Waals surface area contributed by atoms with Crippen LogP contribution in [0.25, 0.3) is 0 Å². The van der Waals surface area contributed by atoms with E-state index < -0.39 is 4.92 Å². The topological polar surface area (TPSA) is 90.2 Å². The minimum absolute atomic E-state index is 0.0275. The molecule has 0 aliphatic carbocycles. The van der Waals surface area contributed by atoms with Crippen molar-refractivity contribution < 1.29 is 9.66 Å². The van der Waals surface area contributed by atoms with Crippen LogP contribution in [0.2, 0.25) is 0 Å². The Hall–Kier alpha value is -1.92. The van der Waals surface area contributed by atoms with E-state index in [1.807, 2.05) is 6.92 Å². The number of hydrogen-bond acceptors (Lipinski definition) is 6. The Morgan fingerprint density at radius 2 is 2.26 bits per heavy atom. The molecule has 1 N–H and O–H groups in total. The predicted molar refractivity (Wildman–Crippen MR) is 72.4 cm³/mol. The molecule has 0 aromatic carbocycles. The number of aromatic nitrogens is 2. The third-order valence-corrected chi connectivity index (χ3v) is 2.43. The molecule has 7 heteroatoms. The number of ether oxygens (including phenoxy) is 1. The highest BCUT2D eigenvalue weighted by Crippen LogP contribution is 2.24. The van der Waals surface area contributed by atoms with Crippen molar-refractivity contribution in [1.82, 2.24) is 9.97 Å². The maximum absolute atomic E-state index is 10.9. The first-order chi connectivity index (χ1) is 9.04. The summed E-state index contributed by atoms with van der Waals surface area (Å²) in [5.74, 6) is 0.952. The zero-order valence-corrected chi connectivity index (χ0v) is 11.5. The van der Waals surface area contributed by atoms with Gasteiger partial charge in [0.2, 0.25) is 5.95 Å².